The summed E-state index contributed by atoms with van der Waals surface area (Å²) in [5, 5.41) is 11.4. The minimum Gasteiger partial charge on any atom is -0.493 e. The van der Waals surface area contributed by atoms with Gasteiger partial charge >= 0.3 is 5.97 Å². The monoisotopic (exact) mass is 593 g/mol. The van der Waals surface area contributed by atoms with Crippen LogP contribution in [0.25, 0.3) is 10.9 Å². The first-order valence-corrected chi connectivity index (χ1v) is 13.7. The second kappa shape index (κ2) is 12.5. The topological polar surface area (TPSA) is 107 Å². The van der Waals surface area contributed by atoms with Crippen LogP contribution in [0.5, 0.6) is 28.7 Å². The van der Waals surface area contributed by atoms with Crippen molar-refractivity contribution in [2.75, 3.05) is 42.3 Å². The van der Waals surface area contributed by atoms with E-state index in [0.717, 1.165) is 5.56 Å². The average molecular weight is 594 g/mol. The van der Waals surface area contributed by atoms with Crippen LogP contribution in [0.15, 0.2) is 76.4 Å². The Morgan fingerprint density at radius 2 is 1.55 bits per heavy atom. The highest BCUT2D eigenvalue weighted by molar-refractivity contribution is 7.99. The lowest BCUT2D eigenvalue weighted by atomic mass is 10.0. The normalized spacial score (nSPS) is 13.1. The Kier molecular flexibility index (Phi) is 8.58. The third kappa shape index (κ3) is 5.35. The van der Waals surface area contributed by atoms with Crippen LogP contribution in [-0.4, -0.2) is 58.0 Å². The molecule has 0 saturated heterocycles. The third-order valence-electron chi connectivity index (χ3n) is 6.93. The molecule has 1 aliphatic heterocycles. The van der Waals surface area contributed by atoms with Gasteiger partial charge < -0.3 is 42.8 Å². The molecule has 11 heteroatoms. The van der Waals surface area contributed by atoms with Crippen LogP contribution in [0.2, 0.25) is 0 Å². The maximum Gasteiger partial charge on any atom is 0.353 e. The maximum atomic E-state index is 13.2. The van der Waals surface area contributed by atoms with Crippen LogP contribution >= 0.6 is 11.8 Å². The number of ether oxygens (including phenoxy) is 7. The lowest BCUT2D eigenvalue weighted by Crippen LogP contribution is -2.20. The van der Waals surface area contributed by atoms with Crippen LogP contribution in [0.1, 0.15) is 22.1 Å². The number of rotatable bonds is 12. The molecule has 4 aromatic rings. The molecule has 0 fully saturated rings. The van der Waals surface area contributed by atoms with E-state index in [4.69, 9.17) is 33.2 Å². The number of carboxylic acid groups (broad SMARTS) is 1. The lowest BCUT2D eigenvalue weighted by molar-refractivity contribution is 0.0658. The zero-order chi connectivity index (χ0) is 29.8. The minimum absolute atomic E-state index is 0.0480. The molecule has 220 valence electrons. The Bertz CT molecular complexity index is 1610. The van der Waals surface area contributed by atoms with Gasteiger partial charge in [-0.3, -0.25) is 0 Å². The van der Waals surface area contributed by atoms with Crippen molar-refractivity contribution in [2.45, 2.75) is 22.3 Å². The van der Waals surface area contributed by atoms with Crippen molar-refractivity contribution in [3.05, 3.63) is 77.9 Å². The lowest BCUT2D eigenvalue weighted by Gasteiger charge is -2.22. The van der Waals surface area contributed by atoms with Gasteiger partial charge in [-0.2, -0.15) is 0 Å². The first-order chi connectivity index (χ1) is 20.4. The van der Waals surface area contributed by atoms with E-state index in [9.17, 15) is 9.90 Å². The van der Waals surface area contributed by atoms with Crippen LogP contribution in [0, 0.1) is 0 Å². The molecular weight excluding hydrogens is 562 g/mol. The van der Waals surface area contributed by atoms with Crippen molar-refractivity contribution in [1.29, 1.82) is 0 Å². The first kappa shape index (κ1) is 28.9. The molecule has 1 atom stereocenters. The molecule has 10 nitrogen and oxygen atoms in total. The summed E-state index contributed by atoms with van der Waals surface area (Å²) < 4.78 is 40.9. The van der Waals surface area contributed by atoms with E-state index >= 15 is 0 Å². The van der Waals surface area contributed by atoms with Crippen molar-refractivity contribution in [3.63, 3.8) is 0 Å². The van der Waals surface area contributed by atoms with E-state index in [-0.39, 0.29) is 12.5 Å². The molecule has 3 aromatic carbocycles. The summed E-state index contributed by atoms with van der Waals surface area (Å²) in [6.07, 6.45) is 1.99. The number of methoxy groups -OCH3 is 5. The number of nitrogens with zero attached hydrogens (tertiary/aromatic N) is 1. The number of allylic oxidation sites excluding steroid dienone is 1. The molecule has 0 radical (unpaired) electrons. The third-order valence-corrected chi connectivity index (χ3v) is 8.02. The summed E-state index contributed by atoms with van der Waals surface area (Å²) in [5.41, 5.74) is 1.69. The number of carboxylic acids is 1. The molecule has 1 aromatic heterocycles. The molecule has 2 heterocycles. The number of aromatic carboxylic acids is 1. The SMILES string of the molecule is COc1cc2c(Sc3cc(OC)c(OC)c(OC)c3)c(C(=O)O)n(C(Cc3ccccc3)C3=COCO3)c2cc1OC. The molecule has 0 spiro atoms. The molecule has 1 unspecified atom stereocenters. The molecule has 0 bridgehead atoms. The molecule has 0 amide bonds. The first-order valence-electron chi connectivity index (χ1n) is 12.9. The quantitative estimate of drug-likeness (QED) is 0.205. The fourth-order valence-electron chi connectivity index (χ4n) is 5.05. The number of aromatic nitrogens is 1. The fraction of sp³-hybridized carbons (Fsp3) is 0.258. The summed E-state index contributed by atoms with van der Waals surface area (Å²) in [6.45, 7) is 0.0480. The zero-order valence-corrected chi connectivity index (χ0v) is 24.7. The Morgan fingerprint density at radius 1 is 0.905 bits per heavy atom. The summed E-state index contributed by atoms with van der Waals surface area (Å²) in [7, 11) is 7.67. The number of benzene rings is 3. The van der Waals surface area contributed by atoms with Crippen molar-refractivity contribution in [2.24, 2.45) is 0 Å². The maximum absolute atomic E-state index is 13.2. The fourth-order valence-corrected chi connectivity index (χ4v) is 6.17. The van der Waals surface area contributed by atoms with E-state index in [2.05, 4.69) is 0 Å². The van der Waals surface area contributed by atoms with Crippen molar-refractivity contribution in [3.8, 4) is 28.7 Å². The van der Waals surface area contributed by atoms with Gasteiger partial charge in [0.25, 0.3) is 0 Å². The van der Waals surface area contributed by atoms with Gasteiger partial charge in [0.1, 0.15) is 12.0 Å². The Balaban J connectivity index is 1.79. The molecule has 42 heavy (non-hydrogen) atoms. The van der Waals surface area contributed by atoms with Gasteiger partial charge in [0.2, 0.25) is 12.5 Å². The van der Waals surface area contributed by atoms with Crippen LogP contribution in [0.3, 0.4) is 0 Å². The smallest absolute Gasteiger partial charge is 0.353 e. The van der Waals surface area contributed by atoms with Gasteiger partial charge in [-0.15, -0.1) is 0 Å². The van der Waals surface area contributed by atoms with E-state index in [0.29, 0.717) is 61.6 Å². The molecule has 0 aliphatic carbocycles. The molecular formula is C31H31NO9S. The van der Waals surface area contributed by atoms with Crippen molar-refractivity contribution >= 4 is 28.6 Å². The zero-order valence-electron chi connectivity index (χ0n) is 23.8. The number of hydrogen-bond donors (Lipinski definition) is 1. The van der Waals surface area contributed by atoms with E-state index in [1.807, 2.05) is 30.3 Å². The number of fused-ring (bicyclic) bond motifs is 1. The highest BCUT2D eigenvalue weighted by Crippen LogP contribution is 2.48. The van der Waals surface area contributed by atoms with Crippen LogP contribution in [-0.2, 0) is 15.9 Å². The van der Waals surface area contributed by atoms with Gasteiger partial charge in [0, 0.05) is 22.8 Å². The Labute approximate surface area is 247 Å². The van der Waals surface area contributed by atoms with Crippen molar-refractivity contribution < 1.29 is 43.1 Å². The molecule has 1 aliphatic rings. The van der Waals surface area contributed by atoms with Gasteiger partial charge in [0.05, 0.1) is 52.0 Å². The summed E-state index contributed by atoms with van der Waals surface area (Å²) in [6, 6.07) is 16.4. The average Bonchev–Trinajstić information content (AvgIpc) is 3.66. The standard InChI is InChI=1S/C31H31NO9S/c1-35-23-14-20-21(15-24(23)36-2)32(22(27-16-40-17-41-27)11-18-9-7-6-8-10-18)28(31(33)34)30(20)42-19-12-25(37-3)29(39-5)26(13-19)38-4/h6-10,12-16,22H,11,17H2,1-5H3,(H,33,34). The highest BCUT2D eigenvalue weighted by Gasteiger charge is 2.33. The van der Waals surface area contributed by atoms with Gasteiger partial charge in [-0.1, -0.05) is 42.1 Å². The van der Waals surface area contributed by atoms with Crippen LogP contribution in [0.4, 0.5) is 0 Å². The van der Waals surface area contributed by atoms with Gasteiger partial charge in [-0.25, -0.2) is 4.79 Å². The molecule has 1 N–H and O–H groups in total. The summed E-state index contributed by atoms with van der Waals surface area (Å²) in [5.74, 6) is 1.65. The summed E-state index contributed by atoms with van der Waals surface area (Å²) >= 11 is 1.26. The van der Waals surface area contributed by atoms with Gasteiger partial charge in [0.15, 0.2) is 28.8 Å². The predicted molar refractivity (Wildman–Crippen MR) is 157 cm³/mol. The summed E-state index contributed by atoms with van der Waals surface area (Å²) in [4.78, 5) is 14.3. The number of carbonyl (C=O) groups is 1. The van der Waals surface area contributed by atoms with Crippen LogP contribution < -0.4 is 23.7 Å². The largest absolute Gasteiger partial charge is 0.493 e. The predicted octanol–water partition coefficient (Wildman–Crippen LogP) is 6.16. The second-order valence-electron chi connectivity index (χ2n) is 9.19. The minimum atomic E-state index is -1.11. The van der Waals surface area contributed by atoms with Gasteiger partial charge in [-0.05, 0) is 23.8 Å². The van der Waals surface area contributed by atoms with E-state index < -0.39 is 12.0 Å². The van der Waals surface area contributed by atoms with E-state index in [1.54, 1.807) is 35.9 Å². The molecule has 0 saturated carbocycles. The highest BCUT2D eigenvalue weighted by atomic mass is 32.2. The Hall–Kier alpha value is -4.64. The molecule has 5 rings (SSSR count). The second-order valence-corrected chi connectivity index (χ2v) is 10.3. The van der Waals surface area contributed by atoms with Crippen molar-refractivity contribution in [1.82, 2.24) is 4.57 Å². The Morgan fingerprint density at radius 3 is 2.10 bits per heavy atom. The number of hydrogen-bond acceptors (Lipinski definition) is 9. The van der Waals surface area contributed by atoms with E-state index in [1.165, 1.54) is 46.5 Å².